The molecule has 0 aromatic heterocycles. The standard InChI is InChI=1S/C20H24FN3O2/c1-14(2)17-9-4-5-10-18(17)23-20(26)13-24(3)12-19(25)22-16-8-6-7-15(21)11-16/h4-11,14H,12-13H2,1-3H3,(H,22,25)(H,23,26). The van der Waals surface area contributed by atoms with Crippen LogP contribution in [-0.2, 0) is 9.59 Å². The number of likely N-dealkylation sites (N-methyl/N-ethyl adjacent to an activating group) is 1. The molecule has 0 atom stereocenters. The summed E-state index contributed by atoms with van der Waals surface area (Å²) >= 11 is 0. The van der Waals surface area contributed by atoms with Crippen molar-refractivity contribution in [3.63, 3.8) is 0 Å². The number of benzene rings is 2. The Morgan fingerprint density at radius 1 is 1.00 bits per heavy atom. The fourth-order valence-corrected chi connectivity index (χ4v) is 2.62. The zero-order chi connectivity index (χ0) is 19.1. The molecule has 0 bridgehead atoms. The van der Waals surface area contributed by atoms with E-state index in [2.05, 4.69) is 24.5 Å². The SMILES string of the molecule is CC(C)c1ccccc1NC(=O)CN(C)CC(=O)Nc1cccc(F)c1. The quantitative estimate of drug-likeness (QED) is 0.798. The van der Waals surface area contributed by atoms with E-state index in [-0.39, 0.29) is 24.9 Å². The molecule has 0 radical (unpaired) electrons. The predicted molar refractivity (Wildman–Crippen MR) is 102 cm³/mol. The van der Waals surface area contributed by atoms with Crippen molar-refractivity contribution in [3.05, 3.63) is 59.9 Å². The predicted octanol–water partition coefficient (Wildman–Crippen LogP) is 3.46. The van der Waals surface area contributed by atoms with Gasteiger partial charge in [0.25, 0.3) is 0 Å². The van der Waals surface area contributed by atoms with Crippen LogP contribution in [0.5, 0.6) is 0 Å². The van der Waals surface area contributed by atoms with Crippen LogP contribution in [0.1, 0.15) is 25.3 Å². The average Bonchev–Trinajstić information content (AvgIpc) is 2.54. The Labute approximate surface area is 153 Å². The molecule has 0 aliphatic rings. The van der Waals surface area contributed by atoms with E-state index in [9.17, 15) is 14.0 Å². The number of carbonyl (C=O) groups is 2. The summed E-state index contributed by atoms with van der Waals surface area (Å²) in [4.78, 5) is 25.9. The van der Waals surface area contributed by atoms with Crippen LogP contribution in [0.25, 0.3) is 0 Å². The third-order valence-electron chi connectivity index (χ3n) is 3.79. The molecule has 2 aromatic rings. The molecule has 2 aromatic carbocycles. The Hall–Kier alpha value is -2.73. The van der Waals surface area contributed by atoms with Gasteiger partial charge in [-0.05, 0) is 42.8 Å². The summed E-state index contributed by atoms with van der Waals surface area (Å²) in [6.45, 7) is 4.22. The largest absolute Gasteiger partial charge is 0.325 e. The molecule has 0 saturated heterocycles. The lowest BCUT2D eigenvalue weighted by Crippen LogP contribution is -2.36. The molecule has 0 aliphatic carbocycles. The molecular formula is C20H24FN3O2. The molecule has 0 heterocycles. The van der Waals surface area contributed by atoms with E-state index in [4.69, 9.17) is 0 Å². The van der Waals surface area contributed by atoms with Gasteiger partial charge in [0.05, 0.1) is 13.1 Å². The Morgan fingerprint density at radius 3 is 2.31 bits per heavy atom. The minimum Gasteiger partial charge on any atom is -0.325 e. The van der Waals surface area contributed by atoms with Gasteiger partial charge in [0.2, 0.25) is 11.8 Å². The highest BCUT2D eigenvalue weighted by Gasteiger charge is 2.13. The Kier molecular flexibility index (Phi) is 6.86. The van der Waals surface area contributed by atoms with E-state index in [0.29, 0.717) is 11.6 Å². The molecule has 2 N–H and O–H groups in total. The van der Waals surface area contributed by atoms with Crippen LogP contribution in [0.2, 0.25) is 0 Å². The van der Waals surface area contributed by atoms with Crippen molar-refractivity contribution in [2.24, 2.45) is 0 Å². The van der Waals surface area contributed by atoms with Crippen molar-refractivity contribution in [3.8, 4) is 0 Å². The monoisotopic (exact) mass is 357 g/mol. The van der Waals surface area contributed by atoms with Gasteiger partial charge < -0.3 is 10.6 Å². The fraction of sp³-hybridized carbons (Fsp3) is 0.300. The number of carbonyl (C=O) groups excluding carboxylic acids is 2. The number of hydrogen-bond donors (Lipinski definition) is 2. The summed E-state index contributed by atoms with van der Waals surface area (Å²) < 4.78 is 13.1. The second-order valence-corrected chi connectivity index (χ2v) is 6.52. The van der Waals surface area contributed by atoms with Gasteiger partial charge in [0, 0.05) is 11.4 Å². The van der Waals surface area contributed by atoms with Gasteiger partial charge in [0.15, 0.2) is 0 Å². The van der Waals surface area contributed by atoms with E-state index in [1.165, 1.54) is 18.2 Å². The molecule has 138 valence electrons. The summed E-state index contributed by atoms with van der Waals surface area (Å²) in [5, 5.41) is 5.50. The van der Waals surface area contributed by atoms with Crippen molar-refractivity contribution >= 4 is 23.2 Å². The second-order valence-electron chi connectivity index (χ2n) is 6.52. The van der Waals surface area contributed by atoms with Crippen LogP contribution < -0.4 is 10.6 Å². The van der Waals surface area contributed by atoms with Crippen LogP contribution in [0.3, 0.4) is 0 Å². The maximum atomic E-state index is 13.1. The third kappa shape index (κ3) is 5.97. The second kappa shape index (κ2) is 9.10. The summed E-state index contributed by atoms with van der Waals surface area (Å²) in [6, 6.07) is 13.3. The molecule has 6 heteroatoms. The Bertz CT molecular complexity index is 777. The van der Waals surface area contributed by atoms with Crippen LogP contribution in [0, 0.1) is 5.82 Å². The van der Waals surface area contributed by atoms with Crippen molar-refractivity contribution < 1.29 is 14.0 Å². The Balaban J connectivity index is 1.86. The highest BCUT2D eigenvalue weighted by molar-refractivity contribution is 5.95. The highest BCUT2D eigenvalue weighted by atomic mass is 19.1. The van der Waals surface area contributed by atoms with Gasteiger partial charge in [-0.25, -0.2) is 4.39 Å². The summed E-state index contributed by atoms with van der Waals surface area (Å²) in [5.41, 5.74) is 2.23. The first-order valence-corrected chi connectivity index (χ1v) is 8.48. The van der Waals surface area contributed by atoms with Gasteiger partial charge in [-0.15, -0.1) is 0 Å². The maximum absolute atomic E-state index is 13.1. The van der Waals surface area contributed by atoms with E-state index < -0.39 is 5.82 Å². The van der Waals surface area contributed by atoms with Crippen LogP contribution in [0.15, 0.2) is 48.5 Å². The molecule has 2 rings (SSSR count). The van der Waals surface area contributed by atoms with Crippen molar-refractivity contribution in [1.29, 1.82) is 0 Å². The van der Waals surface area contributed by atoms with Gasteiger partial charge in [0.1, 0.15) is 5.82 Å². The fourth-order valence-electron chi connectivity index (χ4n) is 2.62. The summed E-state index contributed by atoms with van der Waals surface area (Å²) in [5.74, 6) is -0.631. The van der Waals surface area contributed by atoms with E-state index in [1.54, 1.807) is 18.0 Å². The van der Waals surface area contributed by atoms with Gasteiger partial charge in [-0.3, -0.25) is 14.5 Å². The third-order valence-corrected chi connectivity index (χ3v) is 3.79. The van der Waals surface area contributed by atoms with E-state index in [1.807, 2.05) is 24.3 Å². The molecule has 0 unspecified atom stereocenters. The number of rotatable bonds is 7. The first-order valence-electron chi connectivity index (χ1n) is 8.48. The molecule has 26 heavy (non-hydrogen) atoms. The number of nitrogens with zero attached hydrogens (tertiary/aromatic N) is 1. The topological polar surface area (TPSA) is 61.4 Å². The molecule has 0 spiro atoms. The van der Waals surface area contributed by atoms with Gasteiger partial charge >= 0.3 is 0 Å². The number of para-hydroxylation sites is 1. The molecule has 5 nitrogen and oxygen atoms in total. The number of anilines is 2. The van der Waals surface area contributed by atoms with E-state index >= 15 is 0 Å². The summed E-state index contributed by atoms with van der Waals surface area (Å²) in [7, 11) is 1.68. The molecule has 0 aliphatic heterocycles. The van der Waals surface area contributed by atoms with Crippen LogP contribution in [-0.4, -0.2) is 36.9 Å². The Morgan fingerprint density at radius 2 is 1.65 bits per heavy atom. The number of amides is 2. The number of nitrogens with one attached hydrogen (secondary N) is 2. The zero-order valence-corrected chi connectivity index (χ0v) is 15.3. The zero-order valence-electron chi connectivity index (χ0n) is 15.3. The lowest BCUT2D eigenvalue weighted by molar-refractivity contribution is -0.119. The maximum Gasteiger partial charge on any atom is 0.238 e. The van der Waals surface area contributed by atoms with Crippen LogP contribution in [0.4, 0.5) is 15.8 Å². The smallest absolute Gasteiger partial charge is 0.238 e. The molecule has 2 amide bonds. The minimum absolute atomic E-state index is 0.0236. The average molecular weight is 357 g/mol. The lowest BCUT2D eigenvalue weighted by Gasteiger charge is -2.18. The van der Waals surface area contributed by atoms with E-state index in [0.717, 1.165) is 11.3 Å². The number of halogens is 1. The minimum atomic E-state index is -0.417. The van der Waals surface area contributed by atoms with Crippen molar-refractivity contribution in [2.75, 3.05) is 30.8 Å². The van der Waals surface area contributed by atoms with Crippen molar-refractivity contribution in [1.82, 2.24) is 4.90 Å². The normalized spacial score (nSPS) is 10.8. The van der Waals surface area contributed by atoms with Crippen molar-refractivity contribution in [2.45, 2.75) is 19.8 Å². The highest BCUT2D eigenvalue weighted by Crippen LogP contribution is 2.23. The molecule has 0 saturated carbocycles. The lowest BCUT2D eigenvalue weighted by atomic mass is 10.0. The summed E-state index contributed by atoms with van der Waals surface area (Å²) in [6.07, 6.45) is 0. The first-order chi connectivity index (χ1) is 12.3. The van der Waals surface area contributed by atoms with Gasteiger partial charge in [-0.2, -0.15) is 0 Å². The molecular weight excluding hydrogens is 333 g/mol. The van der Waals surface area contributed by atoms with Crippen LogP contribution >= 0.6 is 0 Å². The molecule has 0 fully saturated rings. The van der Waals surface area contributed by atoms with Gasteiger partial charge in [-0.1, -0.05) is 38.1 Å². The first kappa shape index (κ1) is 19.6. The number of hydrogen-bond acceptors (Lipinski definition) is 3.